The highest BCUT2D eigenvalue weighted by Crippen LogP contribution is 2.50. The van der Waals surface area contributed by atoms with E-state index in [0.29, 0.717) is 6.61 Å². The maximum absolute atomic E-state index is 8.65. The SMILES string of the molecule is CCCCCCCC[C@H]1C[C@H]1CCCCCCCCOP(=S)(OCCC#N)OCCC#N. The van der Waals surface area contributed by atoms with Crippen LogP contribution in [-0.2, 0) is 25.4 Å². The molecule has 32 heavy (non-hydrogen) atoms. The average Bonchev–Trinajstić information content (AvgIpc) is 3.53. The summed E-state index contributed by atoms with van der Waals surface area (Å²) in [5.41, 5.74) is 0. The van der Waals surface area contributed by atoms with Gasteiger partial charge in [0.2, 0.25) is 0 Å². The van der Waals surface area contributed by atoms with Crippen LogP contribution in [0.3, 0.4) is 0 Å². The number of nitrogens with zero attached hydrogens (tertiary/aromatic N) is 2. The van der Waals surface area contributed by atoms with E-state index in [4.69, 9.17) is 35.9 Å². The molecule has 2 atom stereocenters. The average molecular weight is 485 g/mol. The van der Waals surface area contributed by atoms with Gasteiger partial charge in [-0.3, -0.25) is 0 Å². The molecular weight excluding hydrogens is 439 g/mol. The van der Waals surface area contributed by atoms with E-state index in [9.17, 15) is 0 Å². The van der Waals surface area contributed by atoms with Crippen molar-refractivity contribution < 1.29 is 13.6 Å². The lowest BCUT2D eigenvalue weighted by atomic mass is 10.0. The van der Waals surface area contributed by atoms with Crippen molar-refractivity contribution in [1.29, 1.82) is 10.5 Å². The van der Waals surface area contributed by atoms with E-state index in [0.717, 1.165) is 24.7 Å². The minimum absolute atomic E-state index is 0.209. The number of hydrogen-bond acceptors (Lipinski definition) is 6. The molecule has 0 spiro atoms. The molecule has 1 aliphatic carbocycles. The fraction of sp³-hybridized carbons (Fsp3) is 0.920. The van der Waals surface area contributed by atoms with Gasteiger partial charge < -0.3 is 13.6 Å². The Hall–Kier alpha value is -0.490. The zero-order valence-electron chi connectivity index (χ0n) is 20.3. The number of rotatable bonds is 23. The zero-order chi connectivity index (χ0) is 23.3. The lowest BCUT2D eigenvalue weighted by molar-refractivity contribution is 0.158. The third-order valence-electron chi connectivity index (χ3n) is 6.14. The predicted octanol–water partition coefficient (Wildman–Crippen LogP) is 8.21. The Morgan fingerprint density at radius 3 is 1.62 bits per heavy atom. The summed E-state index contributed by atoms with van der Waals surface area (Å²) in [6, 6.07) is 4.04. The second kappa shape index (κ2) is 19.9. The molecule has 1 saturated carbocycles. The van der Waals surface area contributed by atoms with Gasteiger partial charge in [0.1, 0.15) is 0 Å². The fourth-order valence-electron chi connectivity index (χ4n) is 4.11. The predicted molar refractivity (Wildman–Crippen MR) is 135 cm³/mol. The quantitative estimate of drug-likeness (QED) is 0.107. The van der Waals surface area contributed by atoms with Crippen molar-refractivity contribution >= 4 is 18.5 Å². The Kier molecular flexibility index (Phi) is 18.4. The van der Waals surface area contributed by atoms with Crippen LogP contribution in [0.15, 0.2) is 0 Å². The van der Waals surface area contributed by atoms with Crippen LogP contribution in [0.2, 0.25) is 0 Å². The molecule has 1 aliphatic rings. The molecule has 0 unspecified atom stereocenters. The van der Waals surface area contributed by atoms with Gasteiger partial charge in [0.15, 0.2) is 0 Å². The number of nitriles is 2. The van der Waals surface area contributed by atoms with Crippen molar-refractivity contribution in [1.82, 2.24) is 0 Å². The van der Waals surface area contributed by atoms with Crippen LogP contribution in [-0.4, -0.2) is 19.8 Å². The van der Waals surface area contributed by atoms with Gasteiger partial charge in [-0.1, -0.05) is 90.4 Å². The second-order valence-corrected chi connectivity index (χ2v) is 12.0. The number of hydrogen-bond donors (Lipinski definition) is 0. The van der Waals surface area contributed by atoms with Crippen LogP contribution in [0.4, 0.5) is 0 Å². The van der Waals surface area contributed by atoms with Crippen molar-refractivity contribution in [2.75, 3.05) is 19.8 Å². The fourth-order valence-corrected chi connectivity index (χ4v) is 5.99. The Morgan fingerprint density at radius 1 is 0.688 bits per heavy atom. The van der Waals surface area contributed by atoms with E-state index in [-0.39, 0.29) is 26.1 Å². The van der Waals surface area contributed by atoms with Gasteiger partial charge in [0.05, 0.1) is 44.8 Å². The van der Waals surface area contributed by atoms with Gasteiger partial charge in [-0.2, -0.15) is 10.5 Å². The summed E-state index contributed by atoms with van der Waals surface area (Å²) in [4.78, 5) is 0. The number of unbranched alkanes of at least 4 members (excludes halogenated alkanes) is 10. The largest absolute Gasteiger partial charge is 0.327 e. The van der Waals surface area contributed by atoms with Crippen LogP contribution in [0.5, 0.6) is 0 Å². The molecule has 0 N–H and O–H groups in total. The monoisotopic (exact) mass is 484 g/mol. The first-order chi connectivity index (χ1) is 15.6. The minimum atomic E-state index is -2.84. The van der Waals surface area contributed by atoms with Crippen LogP contribution in [0.25, 0.3) is 0 Å². The van der Waals surface area contributed by atoms with E-state index in [1.54, 1.807) is 0 Å². The van der Waals surface area contributed by atoms with Crippen molar-refractivity contribution in [2.24, 2.45) is 11.8 Å². The summed E-state index contributed by atoms with van der Waals surface area (Å²) in [7, 11) is 0. The van der Waals surface area contributed by atoms with Gasteiger partial charge in [0.25, 0.3) is 0 Å². The van der Waals surface area contributed by atoms with Crippen LogP contribution >= 0.6 is 6.72 Å². The zero-order valence-corrected chi connectivity index (χ0v) is 22.0. The summed E-state index contributed by atoms with van der Waals surface area (Å²) < 4.78 is 16.7. The normalized spacial score (nSPS) is 17.7. The van der Waals surface area contributed by atoms with Crippen LogP contribution < -0.4 is 0 Å². The maximum Gasteiger partial charge on any atom is 0.327 e. The first-order valence-corrected chi connectivity index (χ1v) is 15.5. The Morgan fingerprint density at radius 2 is 1.12 bits per heavy atom. The van der Waals surface area contributed by atoms with E-state index in [2.05, 4.69) is 6.92 Å². The molecule has 0 aromatic heterocycles. The minimum Gasteiger partial charge on any atom is -0.309 e. The molecule has 0 bridgehead atoms. The Labute approximate surface area is 202 Å². The molecule has 184 valence electrons. The first-order valence-electron chi connectivity index (χ1n) is 12.9. The third kappa shape index (κ3) is 16.2. The summed E-state index contributed by atoms with van der Waals surface area (Å²) in [6.07, 6.45) is 20.7. The molecular formula is C25H45N2O3PS. The molecule has 0 heterocycles. The molecule has 0 saturated heterocycles. The van der Waals surface area contributed by atoms with Gasteiger partial charge >= 0.3 is 6.72 Å². The molecule has 0 amide bonds. The Balaban J connectivity index is 1.95. The van der Waals surface area contributed by atoms with Gasteiger partial charge in [-0.05, 0) is 36.5 Å². The maximum atomic E-state index is 8.65. The lowest BCUT2D eigenvalue weighted by Crippen LogP contribution is -2.03. The molecule has 0 aromatic carbocycles. The van der Waals surface area contributed by atoms with Gasteiger partial charge in [-0.25, -0.2) is 0 Å². The standard InChI is InChI=1S/C25H45N2O3PS/c1-2-3-4-5-8-11-16-24-23-25(24)17-12-9-6-7-10-13-20-28-31(32,29-21-14-18-26)30-22-15-19-27/h24-25H,2-17,20-23H2,1H3/t24-,25+/m0/s1. The van der Waals surface area contributed by atoms with Crippen molar-refractivity contribution in [3.8, 4) is 12.1 Å². The van der Waals surface area contributed by atoms with E-state index >= 15 is 0 Å². The summed E-state index contributed by atoms with van der Waals surface area (Å²) in [5, 5.41) is 17.3. The van der Waals surface area contributed by atoms with E-state index in [1.807, 2.05) is 12.1 Å². The molecule has 0 radical (unpaired) electrons. The molecule has 0 aliphatic heterocycles. The van der Waals surface area contributed by atoms with Gasteiger partial charge in [-0.15, -0.1) is 0 Å². The lowest BCUT2D eigenvalue weighted by Gasteiger charge is -2.21. The van der Waals surface area contributed by atoms with Gasteiger partial charge in [0, 0.05) is 0 Å². The molecule has 7 heteroatoms. The Bertz CT molecular complexity index is 567. The van der Waals surface area contributed by atoms with E-state index < -0.39 is 6.72 Å². The summed E-state index contributed by atoms with van der Waals surface area (Å²) >= 11 is 5.38. The highest BCUT2D eigenvalue weighted by atomic mass is 32.5. The molecule has 1 rings (SSSR count). The molecule has 5 nitrogen and oxygen atoms in total. The smallest absolute Gasteiger partial charge is 0.309 e. The topological polar surface area (TPSA) is 75.3 Å². The van der Waals surface area contributed by atoms with Crippen LogP contribution in [0.1, 0.15) is 116 Å². The molecule has 0 aromatic rings. The third-order valence-corrected chi connectivity index (χ3v) is 8.59. The second-order valence-electron chi connectivity index (χ2n) is 8.99. The summed E-state index contributed by atoms with van der Waals surface area (Å²) in [6.45, 7) is 0.374. The van der Waals surface area contributed by atoms with E-state index in [1.165, 1.54) is 83.5 Å². The highest BCUT2D eigenvalue weighted by Gasteiger charge is 2.34. The highest BCUT2D eigenvalue weighted by molar-refractivity contribution is 8.07. The van der Waals surface area contributed by atoms with Crippen LogP contribution in [0, 0.1) is 34.5 Å². The molecule has 1 fully saturated rings. The van der Waals surface area contributed by atoms with Crippen molar-refractivity contribution in [3.05, 3.63) is 0 Å². The first kappa shape index (κ1) is 29.5. The van der Waals surface area contributed by atoms with Crippen molar-refractivity contribution in [2.45, 2.75) is 116 Å². The van der Waals surface area contributed by atoms with Crippen molar-refractivity contribution in [3.63, 3.8) is 0 Å². The summed E-state index contributed by atoms with van der Waals surface area (Å²) in [5.74, 6) is 2.08.